The second-order valence-corrected chi connectivity index (χ2v) is 3.56. The minimum Gasteiger partial charge on any atom is -0.307 e. The van der Waals surface area contributed by atoms with Crippen molar-refractivity contribution in [2.24, 2.45) is 0 Å². The van der Waals surface area contributed by atoms with Crippen LogP contribution < -0.4 is 10.7 Å². The van der Waals surface area contributed by atoms with Crippen molar-refractivity contribution in [2.45, 2.75) is 13.8 Å². The van der Waals surface area contributed by atoms with Crippen LogP contribution in [0.3, 0.4) is 0 Å². The summed E-state index contributed by atoms with van der Waals surface area (Å²) in [5, 5.41) is 10.4. The Morgan fingerprint density at radius 1 is 1.12 bits per heavy atom. The summed E-state index contributed by atoms with van der Waals surface area (Å²) < 4.78 is 1.53. The molecule has 6 nitrogen and oxygen atoms in total. The van der Waals surface area contributed by atoms with Crippen LogP contribution in [0.4, 0.5) is 10.5 Å². The molecular weight excluding hydrogens is 218 g/mol. The number of nitrogens with one attached hydrogen (secondary N) is 2. The van der Waals surface area contributed by atoms with E-state index in [0.717, 1.165) is 5.69 Å². The summed E-state index contributed by atoms with van der Waals surface area (Å²) >= 11 is 0. The van der Waals surface area contributed by atoms with Gasteiger partial charge >= 0.3 is 6.03 Å². The first-order valence-corrected chi connectivity index (χ1v) is 5.18. The number of aromatic nitrogens is 3. The van der Waals surface area contributed by atoms with E-state index in [9.17, 15) is 4.79 Å². The third-order valence-corrected chi connectivity index (χ3v) is 2.23. The smallest absolute Gasteiger partial charge is 0.307 e. The molecule has 2 amide bonds. The molecule has 0 spiro atoms. The summed E-state index contributed by atoms with van der Waals surface area (Å²) in [4.78, 5) is 11.7. The minimum atomic E-state index is -0.331. The van der Waals surface area contributed by atoms with Gasteiger partial charge in [-0.25, -0.2) is 14.9 Å². The van der Waals surface area contributed by atoms with E-state index in [-0.39, 0.29) is 6.03 Å². The maximum Gasteiger partial charge on any atom is 0.338 e. The number of para-hydroxylation sites is 1. The molecule has 0 atom stereocenters. The summed E-state index contributed by atoms with van der Waals surface area (Å²) in [6.07, 6.45) is 0. The number of amides is 2. The standard InChI is InChI=1S/C11H13N5O/c1-8-13-14-9(2)16(8)15-11(17)12-10-6-4-3-5-7-10/h3-7H,1-2H3,(H2,12,15,17). The Balaban J connectivity index is 2.03. The van der Waals surface area contributed by atoms with Crippen molar-refractivity contribution in [3.63, 3.8) is 0 Å². The maximum atomic E-state index is 11.7. The number of benzene rings is 1. The molecule has 1 aromatic carbocycles. The summed E-state index contributed by atoms with van der Waals surface area (Å²) in [5.74, 6) is 1.26. The van der Waals surface area contributed by atoms with Gasteiger partial charge in [0.25, 0.3) is 0 Å². The number of aryl methyl sites for hydroxylation is 2. The molecule has 17 heavy (non-hydrogen) atoms. The molecular formula is C11H13N5O. The van der Waals surface area contributed by atoms with Crippen LogP contribution in [-0.4, -0.2) is 20.9 Å². The first-order chi connectivity index (χ1) is 8.16. The summed E-state index contributed by atoms with van der Waals surface area (Å²) in [7, 11) is 0. The van der Waals surface area contributed by atoms with Crippen molar-refractivity contribution in [1.82, 2.24) is 14.9 Å². The van der Waals surface area contributed by atoms with Gasteiger partial charge in [-0.2, -0.15) is 0 Å². The fourth-order valence-electron chi connectivity index (χ4n) is 1.41. The number of hydrogen-bond donors (Lipinski definition) is 2. The Morgan fingerprint density at radius 3 is 2.29 bits per heavy atom. The van der Waals surface area contributed by atoms with Crippen LogP contribution in [0.1, 0.15) is 11.6 Å². The van der Waals surface area contributed by atoms with Gasteiger partial charge in [-0.15, -0.1) is 10.2 Å². The lowest BCUT2D eigenvalue weighted by Gasteiger charge is -2.09. The van der Waals surface area contributed by atoms with Crippen LogP contribution in [0.2, 0.25) is 0 Å². The van der Waals surface area contributed by atoms with Crippen molar-refractivity contribution in [2.75, 3.05) is 10.7 Å². The van der Waals surface area contributed by atoms with E-state index in [1.54, 1.807) is 13.8 Å². The van der Waals surface area contributed by atoms with E-state index in [1.807, 2.05) is 30.3 Å². The Labute approximate surface area is 98.6 Å². The van der Waals surface area contributed by atoms with E-state index in [4.69, 9.17) is 0 Å². The molecule has 88 valence electrons. The van der Waals surface area contributed by atoms with Crippen LogP contribution in [-0.2, 0) is 0 Å². The van der Waals surface area contributed by atoms with Crippen LogP contribution in [0.25, 0.3) is 0 Å². The average Bonchev–Trinajstić information content (AvgIpc) is 2.62. The lowest BCUT2D eigenvalue weighted by Crippen LogP contribution is -2.29. The quantitative estimate of drug-likeness (QED) is 0.825. The van der Waals surface area contributed by atoms with E-state index in [1.165, 1.54) is 4.68 Å². The van der Waals surface area contributed by atoms with Crippen LogP contribution in [0.5, 0.6) is 0 Å². The Kier molecular flexibility index (Phi) is 3.04. The molecule has 1 aromatic heterocycles. The zero-order valence-corrected chi connectivity index (χ0v) is 9.64. The number of carbonyl (C=O) groups is 1. The molecule has 0 unspecified atom stereocenters. The highest BCUT2D eigenvalue weighted by atomic mass is 16.2. The van der Waals surface area contributed by atoms with E-state index in [2.05, 4.69) is 20.9 Å². The highest BCUT2D eigenvalue weighted by Gasteiger charge is 2.07. The number of carbonyl (C=O) groups excluding carboxylic acids is 1. The Bertz CT molecular complexity index is 500. The van der Waals surface area contributed by atoms with E-state index in [0.29, 0.717) is 11.6 Å². The first-order valence-electron chi connectivity index (χ1n) is 5.18. The van der Waals surface area contributed by atoms with E-state index < -0.39 is 0 Å². The van der Waals surface area contributed by atoms with Crippen LogP contribution in [0, 0.1) is 13.8 Å². The number of anilines is 1. The highest BCUT2D eigenvalue weighted by Crippen LogP contribution is 2.05. The van der Waals surface area contributed by atoms with Gasteiger partial charge < -0.3 is 5.32 Å². The number of rotatable bonds is 2. The highest BCUT2D eigenvalue weighted by molar-refractivity contribution is 5.94. The van der Waals surface area contributed by atoms with Crippen molar-refractivity contribution in [3.05, 3.63) is 42.0 Å². The minimum absolute atomic E-state index is 0.331. The Hall–Kier alpha value is -2.37. The molecule has 2 aromatic rings. The average molecular weight is 231 g/mol. The number of urea groups is 1. The molecule has 0 saturated carbocycles. The summed E-state index contributed by atoms with van der Waals surface area (Å²) in [6, 6.07) is 8.88. The largest absolute Gasteiger partial charge is 0.338 e. The van der Waals surface area contributed by atoms with Gasteiger partial charge in [0.2, 0.25) is 0 Å². The second kappa shape index (κ2) is 4.65. The van der Waals surface area contributed by atoms with Crippen molar-refractivity contribution >= 4 is 11.7 Å². The molecule has 0 aliphatic heterocycles. The lowest BCUT2D eigenvalue weighted by molar-refractivity contribution is 0.259. The van der Waals surface area contributed by atoms with Crippen molar-refractivity contribution in [3.8, 4) is 0 Å². The molecule has 0 fully saturated rings. The van der Waals surface area contributed by atoms with Crippen LogP contribution >= 0.6 is 0 Å². The van der Waals surface area contributed by atoms with Gasteiger partial charge in [-0.05, 0) is 26.0 Å². The topological polar surface area (TPSA) is 71.8 Å². The maximum absolute atomic E-state index is 11.7. The molecule has 6 heteroatoms. The van der Waals surface area contributed by atoms with Gasteiger partial charge in [0, 0.05) is 5.69 Å². The molecule has 0 saturated heterocycles. The van der Waals surface area contributed by atoms with E-state index >= 15 is 0 Å². The summed E-state index contributed by atoms with van der Waals surface area (Å²) in [5.41, 5.74) is 3.38. The van der Waals surface area contributed by atoms with Crippen LogP contribution in [0.15, 0.2) is 30.3 Å². The predicted molar refractivity (Wildman–Crippen MR) is 64.3 cm³/mol. The second-order valence-electron chi connectivity index (χ2n) is 3.56. The lowest BCUT2D eigenvalue weighted by atomic mass is 10.3. The van der Waals surface area contributed by atoms with Gasteiger partial charge in [-0.3, -0.25) is 0 Å². The molecule has 1 heterocycles. The normalized spacial score (nSPS) is 10.0. The zero-order valence-electron chi connectivity index (χ0n) is 9.64. The summed E-state index contributed by atoms with van der Waals surface area (Å²) in [6.45, 7) is 3.53. The molecule has 2 N–H and O–H groups in total. The molecule has 0 aliphatic carbocycles. The van der Waals surface area contributed by atoms with Gasteiger partial charge in [0.15, 0.2) is 0 Å². The number of nitrogens with zero attached hydrogens (tertiary/aromatic N) is 3. The zero-order chi connectivity index (χ0) is 12.3. The molecule has 0 bridgehead atoms. The first kappa shape index (κ1) is 11.1. The van der Waals surface area contributed by atoms with Crippen molar-refractivity contribution in [1.29, 1.82) is 0 Å². The number of hydrogen-bond acceptors (Lipinski definition) is 3. The molecule has 0 aliphatic rings. The third-order valence-electron chi connectivity index (χ3n) is 2.23. The Morgan fingerprint density at radius 2 is 1.71 bits per heavy atom. The van der Waals surface area contributed by atoms with Gasteiger partial charge in [0.1, 0.15) is 11.6 Å². The molecule has 0 radical (unpaired) electrons. The fraction of sp³-hybridized carbons (Fsp3) is 0.182. The molecule has 2 rings (SSSR count). The predicted octanol–water partition coefficient (Wildman–Crippen LogP) is 1.67. The third kappa shape index (κ3) is 2.60. The van der Waals surface area contributed by atoms with Gasteiger partial charge in [-0.1, -0.05) is 18.2 Å². The fourth-order valence-corrected chi connectivity index (χ4v) is 1.41. The van der Waals surface area contributed by atoms with Gasteiger partial charge in [0.05, 0.1) is 0 Å². The van der Waals surface area contributed by atoms with Crippen molar-refractivity contribution < 1.29 is 4.79 Å². The SMILES string of the molecule is Cc1nnc(C)n1NC(=O)Nc1ccccc1. The monoisotopic (exact) mass is 231 g/mol.